The van der Waals surface area contributed by atoms with Crippen LogP contribution in [0.15, 0.2) is 48.9 Å². The molecule has 2 N–H and O–H groups in total. The van der Waals surface area contributed by atoms with Gasteiger partial charge in [-0.2, -0.15) is 0 Å². The molecule has 118 valence electrons. The summed E-state index contributed by atoms with van der Waals surface area (Å²) < 4.78 is 4.99. The van der Waals surface area contributed by atoms with Crippen molar-refractivity contribution in [2.24, 2.45) is 0 Å². The molecule has 0 atom stereocenters. The minimum absolute atomic E-state index is 0.482. The summed E-state index contributed by atoms with van der Waals surface area (Å²) in [6, 6.07) is 8.85. The standard InChI is InChI=1S/C14H13Cl2N3O.C2H6/c1-9(18-10-3-5-12(15)13(16)7-10)19-11-4-6-14(20-2)17-8-11;1-2/h3-8,18-19H,1H2,2H3;1-2H3. The molecule has 0 bridgehead atoms. The van der Waals surface area contributed by atoms with E-state index < -0.39 is 0 Å². The number of anilines is 2. The van der Waals surface area contributed by atoms with Crippen molar-refractivity contribution in [3.05, 3.63) is 59.0 Å². The lowest BCUT2D eigenvalue weighted by atomic mass is 10.3. The van der Waals surface area contributed by atoms with Crippen LogP contribution in [0.25, 0.3) is 0 Å². The Kier molecular flexibility index (Phi) is 7.57. The molecule has 0 radical (unpaired) electrons. The number of halogens is 2. The Bertz CT molecular complexity index is 615. The molecule has 22 heavy (non-hydrogen) atoms. The number of nitrogens with one attached hydrogen (secondary N) is 2. The van der Waals surface area contributed by atoms with Gasteiger partial charge in [-0.25, -0.2) is 4.98 Å². The molecule has 0 aliphatic carbocycles. The van der Waals surface area contributed by atoms with Gasteiger partial charge in [-0.1, -0.05) is 43.6 Å². The molecule has 0 fully saturated rings. The summed E-state index contributed by atoms with van der Waals surface area (Å²) >= 11 is 11.8. The van der Waals surface area contributed by atoms with E-state index in [9.17, 15) is 0 Å². The summed E-state index contributed by atoms with van der Waals surface area (Å²) in [6.07, 6.45) is 1.65. The number of benzene rings is 1. The van der Waals surface area contributed by atoms with E-state index in [2.05, 4.69) is 22.2 Å². The van der Waals surface area contributed by atoms with E-state index in [1.807, 2.05) is 26.0 Å². The van der Waals surface area contributed by atoms with Crippen molar-refractivity contribution in [3.8, 4) is 5.88 Å². The maximum Gasteiger partial charge on any atom is 0.213 e. The summed E-state index contributed by atoms with van der Waals surface area (Å²) in [6.45, 7) is 7.88. The number of methoxy groups -OCH3 is 1. The number of pyridine rings is 1. The Morgan fingerprint density at radius 1 is 1.05 bits per heavy atom. The van der Waals surface area contributed by atoms with E-state index in [0.29, 0.717) is 21.7 Å². The third kappa shape index (κ3) is 5.47. The molecular formula is C16H19Cl2N3O. The fraction of sp³-hybridized carbons (Fsp3) is 0.188. The lowest BCUT2D eigenvalue weighted by Crippen LogP contribution is -2.08. The molecule has 0 aliphatic rings. The number of hydrogen-bond acceptors (Lipinski definition) is 4. The zero-order valence-electron chi connectivity index (χ0n) is 12.8. The fourth-order valence-electron chi connectivity index (χ4n) is 1.53. The van der Waals surface area contributed by atoms with Gasteiger partial charge in [0.25, 0.3) is 0 Å². The van der Waals surface area contributed by atoms with E-state index in [1.165, 1.54) is 0 Å². The van der Waals surface area contributed by atoms with Crippen LogP contribution in [-0.2, 0) is 0 Å². The average molecular weight is 340 g/mol. The predicted molar refractivity (Wildman–Crippen MR) is 95.0 cm³/mol. The Hall–Kier alpha value is -1.91. The SMILES string of the molecule is C=C(Nc1ccc(OC)nc1)Nc1ccc(Cl)c(Cl)c1.CC. The quantitative estimate of drug-likeness (QED) is 0.763. The molecule has 0 unspecified atom stereocenters. The zero-order chi connectivity index (χ0) is 16.5. The summed E-state index contributed by atoms with van der Waals surface area (Å²) in [5.41, 5.74) is 1.58. The molecule has 0 amide bonds. The van der Waals surface area contributed by atoms with Crippen molar-refractivity contribution < 1.29 is 4.74 Å². The molecule has 1 heterocycles. The first kappa shape index (κ1) is 18.1. The Balaban J connectivity index is 0.00000116. The lowest BCUT2D eigenvalue weighted by Gasteiger charge is -2.12. The third-order valence-electron chi connectivity index (χ3n) is 2.46. The zero-order valence-corrected chi connectivity index (χ0v) is 14.3. The molecule has 2 rings (SSSR count). The highest BCUT2D eigenvalue weighted by Gasteiger charge is 2.01. The van der Waals surface area contributed by atoms with Crippen LogP contribution in [0.3, 0.4) is 0 Å². The van der Waals surface area contributed by atoms with Gasteiger partial charge >= 0.3 is 0 Å². The van der Waals surface area contributed by atoms with E-state index in [0.717, 1.165) is 11.4 Å². The van der Waals surface area contributed by atoms with E-state index in [1.54, 1.807) is 31.5 Å². The van der Waals surface area contributed by atoms with Crippen molar-refractivity contribution >= 4 is 34.6 Å². The molecule has 4 nitrogen and oxygen atoms in total. The first-order valence-electron chi connectivity index (χ1n) is 6.76. The van der Waals surface area contributed by atoms with Crippen molar-refractivity contribution in [2.45, 2.75) is 13.8 Å². The molecule has 0 aliphatic heterocycles. The number of nitrogens with zero attached hydrogens (tertiary/aromatic N) is 1. The highest BCUT2D eigenvalue weighted by molar-refractivity contribution is 6.42. The normalized spacial score (nSPS) is 9.32. The van der Waals surface area contributed by atoms with Crippen LogP contribution in [0.2, 0.25) is 10.0 Å². The first-order valence-corrected chi connectivity index (χ1v) is 7.52. The Morgan fingerprint density at radius 3 is 2.23 bits per heavy atom. The molecule has 1 aromatic carbocycles. The Morgan fingerprint density at radius 2 is 1.68 bits per heavy atom. The molecule has 0 spiro atoms. The van der Waals surface area contributed by atoms with Gasteiger partial charge < -0.3 is 15.4 Å². The molecular weight excluding hydrogens is 321 g/mol. The van der Waals surface area contributed by atoms with E-state index >= 15 is 0 Å². The Labute approximate surface area is 141 Å². The first-order chi connectivity index (χ1) is 10.6. The van der Waals surface area contributed by atoms with Gasteiger partial charge in [-0.05, 0) is 24.3 Å². The summed E-state index contributed by atoms with van der Waals surface area (Å²) in [7, 11) is 1.57. The van der Waals surface area contributed by atoms with Crippen molar-refractivity contribution in [3.63, 3.8) is 0 Å². The fourth-order valence-corrected chi connectivity index (χ4v) is 1.83. The highest BCUT2D eigenvalue weighted by atomic mass is 35.5. The van der Waals surface area contributed by atoms with Crippen LogP contribution in [0.4, 0.5) is 11.4 Å². The number of hydrogen-bond donors (Lipinski definition) is 2. The number of ether oxygens (including phenoxy) is 1. The van der Waals surface area contributed by atoms with Gasteiger partial charge in [-0.3, -0.25) is 0 Å². The molecule has 1 aromatic heterocycles. The number of rotatable bonds is 5. The van der Waals surface area contributed by atoms with Gasteiger partial charge in [0.05, 0.1) is 29.0 Å². The largest absolute Gasteiger partial charge is 0.481 e. The minimum Gasteiger partial charge on any atom is -0.481 e. The van der Waals surface area contributed by atoms with Gasteiger partial charge in [0, 0.05) is 11.8 Å². The van der Waals surface area contributed by atoms with Crippen LogP contribution in [0, 0.1) is 0 Å². The predicted octanol–water partition coefficient (Wildman–Crippen LogP) is 5.42. The molecule has 0 saturated carbocycles. The summed E-state index contributed by atoms with van der Waals surface area (Å²) in [5, 5.41) is 7.15. The van der Waals surface area contributed by atoms with Crippen LogP contribution in [0.1, 0.15) is 13.8 Å². The smallest absolute Gasteiger partial charge is 0.213 e. The van der Waals surface area contributed by atoms with Gasteiger partial charge in [0.1, 0.15) is 5.82 Å². The minimum atomic E-state index is 0.482. The third-order valence-corrected chi connectivity index (χ3v) is 3.19. The van der Waals surface area contributed by atoms with Gasteiger partial charge in [0.2, 0.25) is 5.88 Å². The van der Waals surface area contributed by atoms with Gasteiger partial charge in [0.15, 0.2) is 0 Å². The summed E-state index contributed by atoms with van der Waals surface area (Å²) in [5.74, 6) is 1.15. The van der Waals surface area contributed by atoms with Crippen LogP contribution in [-0.4, -0.2) is 12.1 Å². The molecule has 2 aromatic rings. The second kappa shape index (κ2) is 9.18. The monoisotopic (exact) mass is 339 g/mol. The van der Waals surface area contributed by atoms with Crippen molar-refractivity contribution in [2.75, 3.05) is 17.7 Å². The average Bonchev–Trinajstić information content (AvgIpc) is 2.53. The second-order valence-corrected chi connectivity index (χ2v) is 4.76. The van der Waals surface area contributed by atoms with E-state index in [-0.39, 0.29) is 0 Å². The van der Waals surface area contributed by atoms with Gasteiger partial charge in [-0.15, -0.1) is 0 Å². The highest BCUT2D eigenvalue weighted by Crippen LogP contribution is 2.25. The van der Waals surface area contributed by atoms with Crippen molar-refractivity contribution in [1.29, 1.82) is 0 Å². The maximum atomic E-state index is 5.94. The second-order valence-electron chi connectivity index (χ2n) is 3.95. The molecule has 6 heteroatoms. The summed E-state index contributed by atoms with van der Waals surface area (Å²) in [4.78, 5) is 4.09. The topological polar surface area (TPSA) is 46.2 Å². The molecule has 0 saturated heterocycles. The van der Waals surface area contributed by atoms with Crippen LogP contribution in [0.5, 0.6) is 5.88 Å². The van der Waals surface area contributed by atoms with Crippen LogP contribution >= 0.6 is 23.2 Å². The van der Waals surface area contributed by atoms with E-state index in [4.69, 9.17) is 27.9 Å². The lowest BCUT2D eigenvalue weighted by molar-refractivity contribution is 0.398. The van der Waals surface area contributed by atoms with Crippen molar-refractivity contribution in [1.82, 2.24) is 4.98 Å². The number of aromatic nitrogens is 1. The maximum absolute atomic E-state index is 5.94. The van der Waals surface area contributed by atoms with Crippen LogP contribution < -0.4 is 15.4 Å².